The number of hydrogen-bond donors (Lipinski definition) is 0. The second-order valence-electron chi connectivity index (χ2n) is 5.45. The molecule has 23 heavy (non-hydrogen) atoms. The van der Waals surface area contributed by atoms with E-state index < -0.39 is 0 Å². The Hall–Kier alpha value is -2.01. The fraction of sp³-hybridized carbons (Fsp3) is 0.333. The van der Waals surface area contributed by atoms with Gasteiger partial charge in [0, 0.05) is 22.7 Å². The van der Waals surface area contributed by atoms with Gasteiger partial charge in [-0.05, 0) is 48.6 Å². The minimum Gasteiger partial charge on any atom is -0.469 e. The van der Waals surface area contributed by atoms with E-state index in [4.69, 9.17) is 4.74 Å². The minimum absolute atomic E-state index is 0.00480. The molecule has 0 saturated carbocycles. The summed E-state index contributed by atoms with van der Waals surface area (Å²) in [5.74, 6) is 0.510. The van der Waals surface area contributed by atoms with Gasteiger partial charge < -0.3 is 9.30 Å². The molecule has 0 saturated heterocycles. The average molecular weight is 329 g/mol. The van der Waals surface area contributed by atoms with Crippen LogP contribution in [0, 0.1) is 0 Å². The summed E-state index contributed by atoms with van der Waals surface area (Å²) in [6.07, 6.45) is 0.690. The van der Waals surface area contributed by atoms with Crippen LogP contribution in [0.1, 0.15) is 41.0 Å². The van der Waals surface area contributed by atoms with Gasteiger partial charge in [-0.15, -0.1) is 11.8 Å². The number of hydrogen-bond acceptors (Lipinski definition) is 4. The number of thioether (sulfide) groups is 1. The summed E-state index contributed by atoms with van der Waals surface area (Å²) in [5, 5.41) is 0. The molecule has 120 valence electrons. The first-order valence-corrected chi connectivity index (χ1v) is 8.69. The van der Waals surface area contributed by atoms with Crippen LogP contribution in [0.5, 0.6) is 0 Å². The summed E-state index contributed by atoms with van der Waals surface area (Å²) in [6.45, 7) is 2.78. The van der Waals surface area contributed by atoms with Crippen molar-refractivity contribution in [2.75, 3.05) is 12.9 Å². The number of ether oxygens (including phenoxy) is 1. The molecule has 5 heteroatoms. The lowest BCUT2D eigenvalue weighted by molar-refractivity contribution is -0.142. The summed E-state index contributed by atoms with van der Waals surface area (Å²) in [5.41, 5.74) is 2.19. The maximum atomic E-state index is 12.7. The number of rotatable bonds is 5. The molecule has 1 aliphatic rings. The zero-order valence-electron chi connectivity index (χ0n) is 13.2. The Morgan fingerprint density at radius 3 is 2.61 bits per heavy atom. The Kier molecular flexibility index (Phi) is 4.57. The highest BCUT2D eigenvalue weighted by Gasteiger charge is 2.32. The van der Waals surface area contributed by atoms with Crippen molar-refractivity contribution in [1.29, 1.82) is 0 Å². The van der Waals surface area contributed by atoms with Crippen LogP contribution in [0.3, 0.4) is 0 Å². The molecule has 1 aromatic carbocycles. The van der Waals surface area contributed by atoms with Gasteiger partial charge in [0.25, 0.3) is 0 Å². The zero-order chi connectivity index (χ0) is 16.4. The largest absolute Gasteiger partial charge is 0.469 e. The van der Waals surface area contributed by atoms with E-state index in [1.54, 1.807) is 11.8 Å². The predicted molar refractivity (Wildman–Crippen MR) is 90.1 cm³/mol. The van der Waals surface area contributed by atoms with E-state index in [1.807, 2.05) is 41.0 Å². The molecule has 1 aromatic heterocycles. The molecule has 0 aliphatic carbocycles. The van der Waals surface area contributed by atoms with Crippen molar-refractivity contribution in [3.05, 3.63) is 53.3 Å². The number of aromatic nitrogens is 1. The molecule has 0 N–H and O–H groups in total. The van der Waals surface area contributed by atoms with Crippen LogP contribution >= 0.6 is 11.8 Å². The number of ketones is 1. The summed E-state index contributed by atoms with van der Waals surface area (Å²) in [7, 11) is 1.40. The van der Waals surface area contributed by atoms with Gasteiger partial charge in [0.15, 0.2) is 0 Å². The summed E-state index contributed by atoms with van der Waals surface area (Å²) < 4.78 is 6.79. The Bertz CT molecular complexity index is 733. The SMILES string of the molecule is CCSc1ccc(C(=O)c2ccc3n2CCC3C(=O)OC)cc1. The Labute approximate surface area is 139 Å². The first kappa shape index (κ1) is 15.9. The molecule has 0 spiro atoms. The quantitative estimate of drug-likeness (QED) is 0.479. The molecule has 0 bridgehead atoms. The van der Waals surface area contributed by atoms with Gasteiger partial charge in [-0.2, -0.15) is 0 Å². The molecule has 0 amide bonds. The highest BCUT2D eigenvalue weighted by molar-refractivity contribution is 7.99. The van der Waals surface area contributed by atoms with Crippen LogP contribution in [0.2, 0.25) is 0 Å². The van der Waals surface area contributed by atoms with E-state index in [-0.39, 0.29) is 17.7 Å². The van der Waals surface area contributed by atoms with E-state index in [0.717, 1.165) is 16.3 Å². The molecular formula is C18H19NO3S. The third-order valence-electron chi connectivity index (χ3n) is 4.16. The highest BCUT2D eigenvalue weighted by atomic mass is 32.2. The van der Waals surface area contributed by atoms with Gasteiger partial charge in [0.2, 0.25) is 5.78 Å². The zero-order valence-corrected chi connectivity index (χ0v) is 14.1. The van der Waals surface area contributed by atoms with E-state index in [1.165, 1.54) is 7.11 Å². The number of esters is 1. The van der Waals surface area contributed by atoms with Gasteiger partial charge in [0.1, 0.15) is 0 Å². The Morgan fingerprint density at radius 1 is 1.22 bits per heavy atom. The van der Waals surface area contributed by atoms with Crippen LogP contribution in [0.4, 0.5) is 0 Å². The van der Waals surface area contributed by atoms with E-state index >= 15 is 0 Å². The van der Waals surface area contributed by atoms with Crippen molar-refractivity contribution < 1.29 is 14.3 Å². The van der Waals surface area contributed by atoms with Gasteiger partial charge in [-0.1, -0.05) is 6.92 Å². The molecule has 2 heterocycles. The van der Waals surface area contributed by atoms with Crippen LogP contribution in [-0.2, 0) is 16.1 Å². The summed E-state index contributed by atoms with van der Waals surface area (Å²) >= 11 is 1.75. The lowest BCUT2D eigenvalue weighted by atomic mass is 10.1. The number of methoxy groups -OCH3 is 1. The van der Waals surface area contributed by atoms with E-state index in [2.05, 4.69) is 6.92 Å². The van der Waals surface area contributed by atoms with Gasteiger partial charge in [-0.25, -0.2) is 0 Å². The van der Waals surface area contributed by atoms with Crippen LogP contribution in [-0.4, -0.2) is 29.2 Å². The monoisotopic (exact) mass is 329 g/mol. The molecule has 1 atom stereocenters. The molecule has 4 nitrogen and oxygen atoms in total. The van der Waals surface area contributed by atoms with Crippen molar-refractivity contribution in [2.24, 2.45) is 0 Å². The molecule has 3 rings (SSSR count). The number of carbonyl (C=O) groups is 2. The normalized spacial score (nSPS) is 16.2. The second-order valence-corrected chi connectivity index (χ2v) is 6.78. The third kappa shape index (κ3) is 2.93. The standard InChI is InChI=1S/C18H19NO3S/c1-3-23-13-6-4-12(5-7-13)17(20)16-9-8-15-14(18(21)22-2)10-11-19(15)16/h4-9,14H,3,10-11H2,1-2H3. The minimum atomic E-state index is -0.259. The van der Waals surface area contributed by atoms with Crippen molar-refractivity contribution in [1.82, 2.24) is 4.57 Å². The maximum Gasteiger partial charge on any atom is 0.314 e. The second kappa shape index (κ2) is 6.62. The fourth-order valence-electron chi connectivity index (χ4n) is 3.04. The Balaban J connectivity index is 1.86. The van der Waals surface area contributed by atoms with E-state index in [9.17, 15) is 9.59 Å². The number of fused-ring (bicyclic) bond motifs is 1. The van der Waals surface area contributed by atoms with Crippen LogP contribution < -0.4 is 0 Å². The van der Waals surface area contributed by atoms with Crippen molar-refractivity contribution >= 4 is 23.5 Å². The van der Waals surface area contributed by atoms with Gasteiger partial charge in [-0.3, -0.25) is 9.59 Å². The summed E-state index contributed by atoms with van der Waals surface area (Å²) in [6, 6.07) is 11.4. The van der Waals surface area contributed by atoms with Crippen LogP contribution in [0.15, 0.2) is 41.3 Å². The van der Waals surface area contributed by atoms with Gasteiger partial charge in [0.05, 0.1) is 18.7 Å². The average Bonchev–Trinajstić information content (AvgIpc) is 3.16. The lowest BCUT2D eigenvalue weighted by Gasteiger charge is -2.07. The van der Waals surface area contributed by atoms with Crippen molar-refractivity contribution in [3.63, 3.8) is 0 Å². The van der Waals surface area contributed by atoms with Crippen LogP contribution in [0.25, 0.3) is 0 Å². The number of benzene rings is 1. The third-order valence-corrected chi connectivity index (χ3v) is 5.05. The highest BCUT2D eigenvalue weighted by Crippen LogP contribution is 2.32. The number of carbonyl (C=O) groups excluding carboxylic acids is 2. The first-order valence-electron chi connectivity index (χ1n) is 7.70. The topological polar surface area (TPSA) is 48.3 Å². The molecule has 2 aromatic rings. The molecular weight excluding hydrogens is 310 g/mol. The molecule has 0 fully saturated rings. The van der Waals surface area contributed by atoms with E-state index in [0.29, 0.717) is 24.2 Å². The predicted octanol–water partition coefficient (Wildman–Crippen LogP) is 3.49. The lowest BCUT2D eigenvalue weighted by Crippen LogP contribution is -2.11. The smallest absolute Gasteiger partial charge is 0.314 e. The van der Waals surface area contributed by atoms with Gasteiger partial charge >= 0.3 is 5.97 Å². The maximum absolute atomic E-state index is 12.7. The number of nitrogens with zero attached hydrogens (tertiary/aromatic N) is 1. The first-order chi connectivity index (χ1) is 11.2. The molecule has 0 radical (unpaired) electrons. The Morgan fingerprint density at radius 2 is 1.96 bits per heavy atom. The van der Waals surface area contributed by atoms with Crippen molar-refractivity contribution in [3.8, 4) is 0 Å². The molecule has 1 aliphatic heterocycles. The molecule has 1 unspecified atom stereocenters. The fourth-order valence-corrected chi connectivity index (χ4v) is 3.70. The van der Waals surface area contributed by atoms with Crippen molar-refractivity contribution in [2.45, 2.75) is 30.7 Å². The summed E-state index contributed by atoms with van der Waals surface area (Å²) in [4.78, 5) is 25.7.